The molecule has 7 rings (SSSR count). The Morgan fingerprint density at radius 2 is 1.46 bits per heavy atom. The lowest BCUT2D eigenvalue weighted by atomic mass is 9.86. The van der Waals surface area contributed by atoms with Crippen molar-refractivity contribution in [3.05, 3.63) is 83.4 Å². The van der Waals surface area contributed by atoms with E-state index in [4.69, 9.17) is 28.4 Å². The van der Waals surface area contributed by atoms with E-state index in [1.165, 1.54) is 0 Å². The molecular formula is C40H50FNO6. The van der Waals surface area contributed by atoms with Gasteiger partial charge in [0.05, 0.1) is 19.9 Å². The van der Waals surface area contributed by atoms with E-state index in [0.29, 0.717) is 6.61 Å². The molecule has 0 N–H and O–H groups in total. The van der Waals surface area contributed by atoms with Crippen LogP contribution in [0.3, 0.4) is 0 Å². The minimum absolute atomic E-state index is 0.184. The predicted octanol–water partition coefficient (Wildman–Crippen LogP) is 8.87. The summed E-state index contributed by atoms with van der Waals surface area (Å²) in [5.41, 5.74) is 5.25. The van der Waals surface area contributed by atoms with Gasteiger partial charge in [-0.05, 0) is 91.8 Å². The van der Waals surface area contributed by atoms with Gasteiger partial charge >= 0.3 is 0 Å². The van der Waals surface area contributed by atoms with Gasteiger partial charge in [-0.15, -0.1) is 0 Å². The normalized spacial score (nSPS) is 22.8. The van der Waals surface area contributed by atoms with Crippen molar-refractivity contribution in [2.45, 2.75) is 78.0 Å². The Kier molecular flexibility index (Phi) is 11.9. The number of halogens is 1. The Hall–Kier alpha value is -3.59. The summed E-state index contributed by atoms with van der Waals surface area (Å²) in [4.78, 5) is 2.22. The van der Waals surface area contributed by atoms with Gasteiger partial charge in [0.25, 0.3) is 0 Å². The summed E-state index contributed by atoms with van der Waals surface area (Å²) < 4.78 is 49.8. The van der Waals surface area contributed by atoms with Crippen molar-refractivity contribution in [2.75, 3.05) is 46.1 Å². The smallest absolute Gasteiger partial charge is 0.199 e. The van der Waals surface area contributed by atoms with Crippen molar-refractivity contribution >= 4 is 11.1 Å². The Labute approximate surface area is 284 Å². The SMILES string of the molecule is CC.CC1=C(c2cccc(OC3CCCCO3)c2)C(c2ccc(OCCN3CC(CF)C3)cc2)Oc2ccc(OC3CCCCO3)cc21. The molecule has 4 heterocycles. The van der Waals surface area contributed by atoms with Crippen LogP contribution in [0.15, 0.2) is 66.7 Å². The van der Waals surface area contributed by atoms with Gasteiger partial charge in [-0.3, -0.25) is 9.29 Å². The third kappa shape index (κ3) is 8.33. The summed E-state index contributed by atoms with van der Waals surface area (Å²) in [5.74, 6) is 3.36. The molecule has 48 heavy (non-hydrogen) atoms. The van der Waals surface area contributed by atoms with Crippen molar-refractivity contribution in [2.24, 2.45) is 5.92 Å². The molecule has 0 aliphatic carbocycles. The number of allylic oxidation sites excluding steroid dienone is 1. The summed E-state index contributed by atoms with van der Waals surface area (Å²) in [7, 11) is 0. The van der Waals surface area contributed by atoms with E-state index in [-0.39, 0.29) is 31.3 Å². The van der Waals surface area contributed by atoms with Gasteiger partial charge in [-0.1, -0.05) is 38.1 Å². The summed E-state index contributed by atoms with van der Waals surface area (Å²) >= 11 is 0. The molecule has 0 aromatic heterocycles. The molecule has 3 aromatic carbocycles. The molecule has 0 radical (unpaired) electrons. The lowest BCUT2D eigenvalue weighted by molar-refractivity contribution is -0.106. The molecule has 0 saturated carbocycles. The highest BCUT2D eigenvalue weighted by Crippen LogP contribution is 2.48. The van der Waals surface area contributed by atoms with E-state index in [1.54, 1.807) is 0 Å². The highest BCUT2D eigenvalue weighted by molar-refractivity contribution is 5.96. The molecule has 3 fully saturated rings. The molecule has 0 bridgehead atoms. The molecule has 4 aliphatic heterocycles. The van der Waals surface area contributed by atoms with E-state index in [9.17, 15) is 4.39 Å². The third-order valence-electron chi connectivity index (χ3n) is 9.33. The molecule has 3 unspecified atom stereocenters. The van der Waals surface area contributed by atoms with Crippen LogP contribution in [-0.4, -0.2) is 63.6 Å². The largest absolute Gasteiger partial charge is 0.492 e. The van der Waals surface area contributed by atoms with Gasteiger partial charge in [0.2, 0.25) is 0 Å². The van der Waals surface area contributed by atoms with Crippen molar-refractivity contribution in [3.8, 4) is 23.0 Å². The standard InChI is InChI=1S/C38H44FNO6.C2H6/c1-26-33-22-32(45-36-10-3-5-19-43-36)15-16-34(33)46-38(28-11-13-30(14-12-28)41-20-17-40-24-27(23-39)25-40)37(26)29-7-6-8-31(21-29)44-35-9-2-4-18-42-35;1-2/h6-8,11-16,21-22,27,35-36,38H,2-5,9-10,17-20,23-25H2,1H3;1-2H3. The van der Waals surface area contributed by atoms with Gasteiger partial charge in [0, 0.05) is 49.5 Å². The van der Waals surface area contributed by atoms with Crippen molar-refractivity contribution in [1.82, 2.24) is 4.90 Å². The van der Waals surface area contributed by atoms with Crippen LogP contribution in [0.4, 0.5) is 4.39 Å². The van der Waals surface area contributed by atoms with Crippen LogP contribution in [0.5, 0.6) is 23.0 Å². The van der Waals surface area contributed by atoms with Gasteiger partial charge in [-0.2, -0.15) is 0 Å². The van der Waals surface area contributed by atoms with Gasteiger partial charge in [-0.25, -0.2) is 0 Å². The molecule has 4 aliphatic rings. The Morgan fingerprint density at radius 1 is 0.792 bits per heavy atom. The second-order valence-corrected chi connectivity index (χ2v) is 12.7. The highest BCUT2D eigenvalue weighted by atomic mass is 19.1. The van der Waals surface area contributed by atoms with Crippen LogP contribution in [0, 0.1) is 5.92 Å². The molecule has 7 nitrogen and oxygen atoms in total. The van der Waals surface area contributed by atoms with Crippen LogP contribution in [-0.2, 0) is 9.47 Å². The van der Waals surface area contributed by atoms with E-state index in [2.05, 4.69) is 42.2 Å². The van der Waals surface area contributed by atoms with Crippen LogP contribution >= 0.6 is 0 Å². The minimum atomic E-state index is -0.338. The third-order valence-corrected chi connectivity index (χ3v) is 9.33. The Balaban J connectivity index is 0.00000197. The van der Waals surface area contributed by atoms with Crippen LogP contribution in [0.25, 0.3) is 11.1 Å². The average molecular weight is 660 g/mol. The van der Waals surface area contributed by atoms with E-state index in [1.807, 2.05) is 50.2 Å². The molecule has 8 heteroatoms. The van der Waals surface area contributed by atoms with Gasteiger partial charge < -0.3 is 28.4 Å². The average Bonchev–Trinajstić information content (AvgIpc) is 3.11. The molecule has 3 saturated heterocycles. The predicted molar refractivity (Wildman–Crippen MR) is 186 cm³/mol. The number of ether oxygens (including phenoxy) is 6. The number of likely N-dealkylation sites (tertiary alicyclic amines) is 1. The second-order valence-electron chi connectivity index (χ2n) is 12.7. The minimum Gasteiger partial charge on any atom is -0.492 e. The molecule has 3 atom stereocenters. The second kappa shape index (κ2) is 16.7. The molecule has 258 valence electrons. The highest BCUT2D eigenvalue weighted by Gasteiger charge is 2.31. The summed E-state index contributed by atoms with van der Waals surface area (Å²) in [5, 5.41) is 0. The van der Waals surface area contributed by atoms with Gasteiger partial charge in [0.1, 0.15) is 35.7 Å². The lowest BCUT2D eigenvalue weighted by Gasteiger charge is -2.37. The maximum Gasteiger partial charge on any atom is 0.199 e. The molecule has 0 spiro atoms. The molecular weight excluding hydrogens is 609 g/mol. The van der Waals surface area contributed by atoms with Crippen LogP contribution < -0.4 is 18.9 Å². The Bertz CT molecular complexity index is 1490. The topological polar surface area (TPSA) is 58.6 Å². The van der Waals surface area contributed by atoms with E-state index < -0.39 is 0 Å². The maximum atomic E-state index is 12.8. The zero-order valence-electron chi connectivity index (χ0n) is 28.6. The zero-order valence-corrected chi connectivity index (χ0v) is 28.6. The number of hydrogen-bond donors (Lipinski definition) is 0. The van der Waals surface area contributed by atoms with Crippen molar-refractivity contribution in [1.29, 1.82) is 0 Å². The number of fused-ring (bicyclic) bond motifs is 1. The van der Waals surface area contributed by atoms with Crippen LogP contribution in [0.1, 0.15) is 82.1 Å². The summed E-state index contributed by atoms with van der Waals surface area (Å²) in [6.45, 7) is 10.4. The fraction of sp³-hybridized carbons (Fsp3) is 0.500. The maximum absolute atomic E-state index is 12.8. The number of nitrogens with zero attached hydrogens (tertiary/aromatic N) is 1. The first-order chi connectivity index (χ1) is 23.6. The number of rotatable bonds is 11. The van der Waals surface area contributed by atoms with Gasteiger partial charge in [0.15, 0.2) is 12.6 Å². The molecule has 0 amide bonds. The van der Waals surface area contributed by atoms with Crippen molar-refractivity contribution in [3.63, 3.8) is 0 Å². The summed E-state index contributed by atoms with van der Waals surface area (Å²) in [6.07, 6.45) is 5.37. The fourth-order valence-corrected chi connectivity index (χ4v) is 6.75. The Morgan fingerprint density at radius 3 is 2.10 bits per heavy atom. The molecule has 3 aromatic rings. The van der Waals surface area contributed by atoms with E-state index >= 15 is 0 Å². The number of alkyl halides is 1. The zero-order chi connectivity index (χ0) is 33.3. The quantitative estimate of drug-likeness (QED) is 0.204. The fourth-order valence-electron chi connectivity index (χ4n) is 6.75. The first kappa shape index (κ1) is 34.3. The van der Waals surface area contributed by atoms with E-state index in [0.717, 1.165) is 122 Å². The number of benzene rings is 3. The first-order valence-corrected chi connectivity index (χ1v) is 17.8. The monoisotopic (exact) mass is 659 g/mol. The first-order valence-electron chi connectivity index (χ1n) is 17.8. The van der Waals surface area contributed by atoms with Crippen molar-refractivity contribution < 1.29 is 32.8 Å². The number of hydrogen-bond acceptors (Lipinski definition) is 7. The summed E-state index contributed by atoms with van der Waals surface area (Å²) in [6, 6.07) is 22.4. The van der Waals surface area contributed by atoms with Crippen LogP contribution in [0.2, 0.25) is 0 Å². The lowest BCUT2D eigenvalue weighted by Crippen LogP contribution is -2.49.